The predicted octanol–water partition coefficient (Wildman–Crippen LogP) is 0.0115. The first-order valence-corrected chi connectivity index (χ1v) is 5.27. The molecule has 0 spiro atoms. The van der Waals surface area contributed by atoms with Gasteiger partial charge in [0.15, 0.2) is 0 Å². The topological polar surface area (TPSA) is 109 Å². The van der Waals surface area contributed by atoms with Gasteiger partial charge in [0.05, 0.1) is 0 Å². The highest BCUT2D eigenvalue weighted by Gasteiger charge is 2.19. The summed E-state index contributed by atoms with van der Waals surface area (Å²) in [5.41, 5.74) is 4.91. The van der Waals surface area contributed by atoms with Crippen LogP contribution in [-0.2, 0) is 14.4 Å². The lowest BCUT2D eigenvalue weighted by Crippen LogP contribution is -2.41. The Kier molecular flexibility index (Phi) is 6.91. The van der Waals surface area contributed by atoms with Gasteiger partial charge < -0.3 is 16.2 Å². The lowest BCUT2D eigenvalue weighted by molar-refractivity contribution is -0.142. The number of rotatable bonds is 8. The minimum Gasteiger partial charge on any atom is -0.480 e. The number of nitrogens with two attached hydrogens (primary N) is 1. The van der Waals surface area contributed by atoms with Crippen LogP contribution in [0.15, 0.2) is 0 Å². The van der Waals surface area contributed by atoms with Crippen LogP contribution in [0.1, 0.15) is 39.0 Å². The molecular weight excluding hydrogens is 212 g/mol. The van der Waals surface area contributed by atoms with E-state index in [1.807, 2.05) is 6.92 Å². The summed E-state index contributed by atoms with van der Waals surface area (Å²) in [4.78, 5) is 32.5. The van der Waals surface area contributed by atoms with Crippen LogP contribution < -0.4 is 11.1 Å². The number of primary amides is 1. The number of carbonyl (C=O) groups excluding carboxylic acids is 2. The second-order valence-electron chi connectivity index (χ2n) is 3.57. The Labute approximate surface area is 94.2 Å². The summed E-state index contributed by atoms with van der Waals surface area (Å²) in [5.74, 6) is -2.03. The lowest BCUT2D eigenvalue weighted by atomic mass is 10.1. The average Bonchev–Trinajstić information content (AvgIpc) is 2.20. The molecular formula is C10H18N2O4. The van der Waals surface area contributed by atoms with Gasteiger partial charge >= 0.3 is 5.97 Å². The van der Waals surface area contributed by atoms with Gasteiger partial charge in [0.1, 0.15) is 6.04 Å². The number of hydrogen-bond donors (Lipinski definition) is 3. The maximum atomic E-state index is 11.3. The largest absolute Gasteiger partial charge is 0.480 e. The highest BCUT2D eigenvalue weighted by molar-refractivity contribution is 5.84. The van der Waals surface area contributed by atoms with Gasteiger partial charge in [-0.1, -0.05) is 13.3 Å². The van der Waals surface area contributed by atoms with Crippen LogP contribution in [-0.4, -0.2) is 28.9 Å². The fourth-order valence-electron chi connectivity index (χ4n) is 1.15. The Morgan fingerprint density at radius 1 is 1.31 bits per heavy atom. The molecule has 0 aromatic carbocycles. The van der Waals surface area contributed by atoms with Crippen molar-refractivity contribution in [2.45, 2.75) is 45.1 Å². The van der Waals surface area contributed by atoms with Crippen LogP contribution in [0.3, 0.4) is 0 Å². The van der Waals surface area contributed by atoms with Crippen molar-refractivity contribution in [1.82, 2.24) is 5.32 Å². The van der Waals surface area contributed by atoms with E-state index in [1.54, 1.807) is 0 Å². The molecule has 1 unspecified atom stereocenters. The van der Waals surface area contributed by atoms with Gasteiger partial charge in [0.2, 0.25) is 11.8 Å². The van der Waals surface area contributed by atoms with E-state index >= 15 is 0 Å². The van der Waals surface area contributed by atoms with Crippen molar-refractivity contribution < 1.29 is 19.5 Å². The van der Waals surface area contributed by atoms with Crippen molar-refractivity contribution in [2.24, 2.45) is 5.73 Å². The maximum Gasteiger partial charge on any atom is 0.326 e. The first-order chi connectivity index (χ1) is 7.47. The van der Waals surface area contributed by atoms with Crippen LogP contribution in [0, 0.1) is 0 Å². The molecule has 0 saturated carbocycles. The van der Waals surface area contributed by atoms with E-state index in [0.717, 1.165) is 6.42 Å². The van der Waals surface area contributed by atoms with E-state index in [-0.39, 0.29) is 18.7 Å². The Balaban J connectivity index is 4.07. The summed E-state index contributed by atoms with van der Waals surface area (Å²) < 4.78 is 0. The van der Waals surface area contributed by atoms with Crippen LogP contribution >= 0.6 is 0 Å². The number of hydrogen-bond acceptors (Lipinski definition) is 3. The zero-order valence-corrected chi connectivity index (χ0v) is 9.36. The van der Waals surface area contributed by atoms with Gasteiger partial charge in [-0.15, -0.1) is 0 Å². The summed E-state index contributed by atoms with van der Waals surface area (Å²) in [6, 6.07) is -1.03. The molecule has 4 N–H and O–H groups in total. The molecule has 0 saturated heterocycles. The van der Waals surface area contributed by atoms with Gasteiger partial charge in [0.25, 0.3) is 0 Å². The van der Waals surface area contributed by atoms with Crippen molar-refractivity contribution in [3.63, 3.8) is 0 Å². The van der Waals surface area contributed by atoms with E-state index < -0.39 is 17.9 Å². The van der Waals surface area contributed by atoms with E-state index in [9.17, 15) is 14.4 Å². The maximum absolute atomic E-state index is 11.3. The first-order valence-electron chi connectivity index (χ1n) is 5.27. The van der Waals surface area contributed by atoms with Gasteiger partial charge in [-0.2, -0.15) is 0 Å². The molecule has 6 nitrogen and oxygen atoms in total. The fourth-order valence-corrected chi connectivity index (χ4v) is 1.15. The van der Waals surface area contributed by atoms with Gasteiger partial charge in [-0.25, -0.2) is 4.79 Å². The summed E-state index contributed by atoms with van der Waals surface area (Å²) >= 11 is 0. The first kappa shape index (κ1) is 14.4. The van der Waals surface area contributed by atoms with Crippen molar-refractivity contribution in [1.29, 1.82) is 0 Å². The molecule has 0 fully saturated rings. The van der Waals surface area contributed by atoms with E-state index in [1.165, 1.54) is 0 Å². The Hall–Kier alpha value is -1.59. The zero-order valence-electron chi connectivity index (χ0n) is 9.36. The third-order valence-electron chi connectivity index (χ3n) is 2.07. The van der Waals surface area contributed by atoms with E-state index in [2.05, 4.69) is 5.32 Å². The summed E-state index contributed by atoms with van der Waals surface area (Å²) in [6.45, 7) is 1.94. The SMILES string of the molecule is CCCCC(=O)NC(CCC(N)=O)C(=O)O. The van der Waals surface area contributed by atoms with E-state index in [0.29, 0.717) is 12.8 Å². The standard InChI is InChI=1S/C10H18N2O4/c1-2-3-4-9(14)12-7(10(15)16)5-6-8(11)13/h7H,2-6H2,1H3,(H2,11,13)(H,12,14)(H,15,16). The molecule has 0 aromatic heterocycles. The predicted molar refractivity (Wildman–Crippen MR) is 57.5 cm³/mol. The van der Waals surface area contributed by atoms with Crippen molar-refractivity contribution in [3.05, 3.63) is 0 Å². The van der Waals surface area contributed by atoms with Crippen molar-refractivity contribution in [3.8, 4) is 0 Å². The number of carboxylic acid groups (broad SMARTS) is 1. The zero-order chi connectivity index (χ0) is 12.6. The molecule has 0 rings (SSSR count). The molecule has 16 heavy (non-hydrogen) atoms. The number of nitrogens with one attached hydrogen (secondary N) is 1. The van der Waals surface area contributed by atoms with E-state index in [4.69, 9.17) is 10.8 Å². The third kappa shape index (κ3) is 6.80. The monoisotopic (exact) mass is 230 g/mol. The minimum absolute atomic E-state index is 0.0303. The Morgan fingerprint density at radius 3 is 2.38 bits per heavy atom. The average molecular weight is 230 g/mol. The summed E-state index contributed by atoms with van der Waals surface area (Å²) in [5, 5.41) is 11.2. The van der Waals surface area contributed by atoms with Crippen molar-refractivity contribution in [2.75, 3.05) is 0 Å². The Morgan fingerprint density at radius 2 is 1.94 bits per heavy atom. The third-order valence-corrected chi connectivity index (χ3v) is 2.07. The van der Waals surface area contributed by atoms with Gasteiger partial charge in [-0.05, 0) is 12.8 Å². The van der Waals surface area contributed by atoms with Gasteiger partial charge in [0, 0.05) is 12.8 Å². The molecule has 0 aliphatic rings. The van der Waals surface area contributed by atoms with Crippen molar-refractivity contribution >= 4 is 17.8 Å². The van der Waals surface area contributed by atoms with Crippen LogP contribution in [0.25, 0.3) is 0 Å². The summed E-state index contributed by atoms with van der Waals surface area (Å²) in [6.07, 6.45) is 1.87. The number of amides is 2. The number of aliphatic carboxylic acids is 1. The molecule has 0 bridgehead atoms. The number of carbonyl (C=O) groups is 3. The number of carboxylic acids is 1. The number of unbranched alkanes of at least 4 members (excludes halogenated alkanes) is 1. The molecule has 1 atom stereocenters. The minimum atomic E-state index is -1.15. The fraction of sp³-hybridized carbons (Fsp3) is 0.700. The normalized spacial score (nSPS) is 11.8. The molecule has 0 radical (unpaired) electrons. The molecule has 92 valence electrons. The Bertz CT molecular complexity index is 266. The lowest BCUT2D eigenvalue weighted by Gasteiger charge is -2.13. The second-order valence-corrected chi connectivity index (χ2v) is 3.57. The van der Waals surface area contributed by atoms with Gasteiger partial charge in [-0.3, -0.25) is 9.59 Å². The van der Waals surface area contributed by atoms with Crippen LogP contribution in [0.4, 0.5) is 0 Å². The molecule has 0 aliphatic heterocycles. The smallest absolute Gasteiger partial charge is 0.326 e. The van der Waals surface area contributed by atoms with Crippen LogP contribution in [0.5, 0.6) is 0 Å². The molecule has 0 aromatic rings. The molecule has 0 aliphatic carbocycles. The highest BCUT2D eigenvalue weighted by atomic mass is 16.4. The molecule has 2 amide bonds. The van der Waals surface area contributed by atoms with Crippen LogP contribution in [0.2, 0.25) is 0 Å². The molecule has 0 heterocycles. The molecule has 6 heteroatoms. The highest BCUT2D eigenvalue weighted by Crippen LogP contribution is 2.00. The second kappa shape index (κ2) is 7.67. The quantitative estimate of drug-likeness (QED) is 0.545. The summed E-state index contributed by atoms with van der Waals surface area (Å²) in [7, 11) is 0.